The maximum Gasteiger partial charge on any atom is 0.272 e. The molecule has 1 aromatic carbocycles. The summed E-state index contributed by atoms with van der Waals surface area (Å²) in [5.41, 5.74) is -0.301. The van der Waals surface area contributed by atoms with Gasteiger partial charge in [0.2, 0.25) is 0 Å². The maximum atomic E-state index is 13.8. The molecule has 1 spiro atoms. The zero-order valence-electron chi connectivity index (χ0n) is 10.9. The largest absolute Gasteiger partial charge is 0.487 e. The molecule has 0 amide bonds. The molecule has 0 heterocycles. The van der Waals surface area contributed by atoms with Gasteiger partial charge in [0.25, 0.3) is 5.69 Å². The summed E-state index contributed by atoms with van der Waals surface area (Å²) < 4.78 is 19.6. The summed E-state index contributed by atoms with van der Waals surface area (Å²) in [6.07, 6.45) is 4.92. The summed E-state index contributed by atoms with van der Waals surface area (Å²) in [6.45, 7) is 0. The van der Waals surface area contributed by atoms with Crippen molar-refractivity contribution in [2.45, 2.75) is 43.6 Å². The Balaban J connectivity index is 1.77. The number of alkyl halides is 1. The average molecular weight is 300 g/mol. The number of rotatable bonds is 3. The van der Waals surface area contributed by atoms with Crippen LogP contribution in [0.15, 0.2) is 18.2 Å². The highest BCUT2D eigenvalue weighted by molar-refractivity contribution is 6.21. The van der Waals surface area contributed by atoms with E-state index in [9.17, 15) is 14.5 Å². The number of ether oxygens (including phenoxy) is 1. The molecule has 0 radical (unpaired) electrons. The van der Waals surface area contributed by atoms with Crippen LogP contribution in [-0.2, 0) is 0 Å². The van der Waals surface area contributed by atoms with Crippen molar-refractivity contribution >= 4 is 17.3 Å². The molecule has 0 aromatic heterocycles. The third-order valence-electron chi connectivity index (χ3n) is 4.62. The second-order valence-electron chi connectivity index (χ2n) is 5.62. The lowest BCUT2D eigenvalue weighted by atomic mass is 9.64. The molecule has 108 valence electrons. The van der Waals surface area contributed by atoms with Crippen molar-refractivity contribution in [2.24, 2.45) is 5.41 Å². The zero-order valence-corrected chi connectivity index (χ0v) is 11.6. The molecule has 6 heteroatoms. The number of non-ortho nitro benzene ring substituents is 1. The molecular formula is C14H15ClFNO3. The highest BCUT2D eigenvalue weighted by Crippen LogP contribution is 2.57. The van der Waals surface area contributed by atoms with E-state index in [1.165, 1.54) is 12.1 Å². The van der Waals surface area contributed by atoms with Crippen LogP contribution >= 0.6 is 11.6 Å². The van der Waals surface area contributed by atoms with Crippen molar-refractivity contribution in [1.82, 2.24) is 0 Å². The van der Waals surface area contributed by atoms with Crippen molar-refractivity contribution in [3.05, 3.63) is 34.1 Å². The van der Waals surface area contributed by atoms with Gasteiger partial charge in [-0.15, -0.1) is 11.6 Å². The topological polar surface area (TPSA) is 52.4 Å². The van der Waals surface area contributed by atoms with Crippen molar-refractivity contribution in [3.63, 3.8) is 0 Å². The summed E-state index contributed by atoms with van der Waals surface area (Å²) in [4.78, 5) is 9.96. The van der Waals surface area contributed by atoms with E-state index >= 15 is 0 Å². The van der Waals surface area contributed by atoms with E-state index in [2.05, 4.69) is 0 Å². The van der Waals surface area contributed by atoms with Gasteiger partial charge in [0.1, 0.15) is 6.10 Å². The van der Waals surface area contributed by atoms with Gasteiger partial charge in [-0.25, -0.2) is 4.39 Å². The van der Waals surface area contributed by atoms with Gasteiger partial charge in [-0.3, -0.25) is 10.1 Å². The van der Waals surface area contributed by atoms with Gasteiger partial charge in [0.05, 0.1) is 11.0 Å². The second-order valence-corrected chi connectivity index (χ2v) is 6.15. The summed E-state index contributed by atoms with van der Waals surface area (Å²) >= 11 is 6.32. The predicted molar refractivity (Wildman–Crippen MR) is 72.6 cm³/mol. The highest BCUT2D eigenvalue weighted by atomic mass is 35.5. The molecule has 0 bridgehead atoms. The molecule has 2 fully saturated rings. The van der Waals surface area contributed by atoms with Gasteiger partial charge in [-0.2, -0.15) is 0 Å². The Labute approximate surface area is 121 Å². The molecule has 20 heavy (non-hydrogen) atoms. The fourth-order valence-electron chi connectivity index (χ4n) is 3.38. The van der Waals surface area contributed by atoms with Crippen LogP contribution in [0.3, 0.4) is 0 Å². The van der Waals surface area contributed by atoms with E-state index in [1.54, 1.807) is 0 Å². The normalized spacial score (nSPS) is 27.3. The number of hydrogen-bond donors (Lipinski definition) is 0. The Morgan fingerprint density at radius 1 is 1.40 bits per heavy atom. The lowest BCUT2D eigenvalue weighted by Gasteiger charge is -2.50. The van der Waals surface area contributed by atoms with Gasteiger partial charge < -0.3 is 4.74 Å². The summed E-state index contributed by atoms with van der Waals surface area (Å²) in [6, 6.07) is 3.49. The minimum atomic E-state index is -0.689. The number of halogens is 2. The zero-order chi connectivity index (χ0) is 14.3. The van der Waals surface area contributed by atoms with Gasteiger partial charge in [-0.05, 0) is 18.9 Å². The molecule has 2 atom stereocenters. The molecule has 0 saturated heterocycles. The van der Waals surface area contributed by atoms with E-state index in [0.29, 0.717) is 6.42 Å². The van der Waals surface area contributed by atoms with Crippen molar-refractivity contribution in [1.29, 1.82) is 0 Å². The average Bonchev–Trinajstić information content (AvgIpc) is 2.92. The summed E-state index contributed by atoms with van der Waals surface area (Å²) in [5.74, 6) is -0.610. The number of benzene rings is 1. The molecule has 1 aromatic rings. The monoisotopic (exact) mass is 299 g/mol. The van der Waals surface area contributed by atoms with E-state index < -0.39 is 10.7 Å². The Morgan fingerprint density at radius 3 is 2.65 bits per heavy atom. The van der Waals surface area contributed by atoms with Crippen LogP contribution in [0, 0.1) is 21.3 Å². The van der Waals surface area contributed by atoms with E-state index in [1.807, 2.05) is 0 Å². The lowest BCUT2D eigenvalue weighted by Crippen LogP contribution is -2.55. The Bertz CT molecular complexity index is 545. The first kappa shape index (κ1) is 13.6. The minimum absolute atomic E-state index is 0.0320. The van der Waals surface area contributed by atoms with Gasteiger partial charge >= 0.3 is 0 Å². The van der Waals surface area contributed by atoms with Crippen molar-refractivity contribution in [3.8, 4) is 5.75 Å². The first-order valence-electron chi connectivity index (χ1n) is 6.77. The Hall–Kier alpha value is -1.36. The van der Waals surface area contributed by atoms with Gasteiger partial charge in [0.15, 0.2) is 11.6 Å². The van der Waals surface area contributed by atoms with Crippen LogP contribution < -0.4 is 4.74 Å². The minimum Gasteiger partial charge on any atom is -0.487 e. The van der Waals surface area contributed by atoms with Crippen LogP contribution in [0.2, 0.25) is 0 Å². The number of nitro groups is 1. The van der Waals surface area contributed by atoms with Crippen LogP contribution in [0.25, 0.3) is 0 Å². The molecule has 2 aliphatic rings. The number of hydrogen-bond acceptors (Lipinski definition) is 3. The van der Waals surface area contributed by atoms with Crippen LogP contribution in [0.4, 0.5) is 10.1 Å². The fraction of sp³-hybridized carbons (Fsp3) is 0.571. The Morgan fingerprint density at radius 2 is 2.10 bits per heavy atom. The van der Waals surface area contributed by atoms with Gasteiger partial charge in [0, 0.05) is 23.3 Å². The molecule has 2 aliphatic carbocycles. The third-order valence-corrected chi connectivity index (χ3v) is 5.23. The number of nitrogens with zero attached hydrogens (tertiary/aromatic N) is 1. The first-order chi connectivity index (χ1) is 9.53. The quantitative estimate of drug-likeness (QED) is 0.480. The van der Waals surface area contributed by atoms with E-state index in [0.717, 1.165) is 31.7 Å². The molecular weight excluding hydrogens is 285 g/mol. The van der Waals surface area contributed by atoms with Crippen molar-refractivity contribution in [2.75, 3.05) is 0 Å². The maximum absolute atomic E-state index is 13.8. The number of nitro benzene ring substituents is 1. The molecule has 2 unspecified atom stereocenters. The van der Waals surface area contributed by atoms with Crippen LogP contribution in [-0.4, -0.2) is 16.4 Å². The summed E-state index contributed by atoms with van der Waals surface area (Å²) in [5, 5.41) is 10.7. The third kappa shape index (κ3) is 2.04. The van der Waals surface area contributed by atoms with Crippen LogP contribution in [0.5, 0.6) is 5.75 Å². The first-order valence-corrected chi connectivity index (χ1v) is 7.21. The SMILES string of the molecule is O=[N+]([O-])c1ccc(OC2CC(Cl)C23CCCC3)c(F)c1. The Kier molecular flexibility index (Phi) is 3.32. The molecule has 2 saturated carbocycles. The molecule has 4 nitrogen and oxygen atoms in total. The fourth-order valence-corrected chi connectivity index (χ4v) is 3.91. The molecule has 0 N–H and O–H groups in total. The standard InChI is InChI=1S/C14H15ClFNO3/c15-12-8-13(14(12)5-1-2-6-14)20-11-4-3-9(17(18)19)7-10(11)16/h3-4,7,12-13H,1-2,5-6,8H2. The summed E-state index contributed by atoms with van der Waals surface area (Å²) in [7, 11) is 0. The molecule has 0 aliphatic heterocycles. The van der Waals surface area contributed by atoms with E-state index in [4.69, 9.17) is 16.3 Å². The predicted octanol–water partition coefficient (Wildman–Crippen LogP) is 4.05. The second kappa shape index (κ2) is 4.88. The van der Waals surface area contributed by atoms with Crippen LogP contribution in [0.1, 0.15) is 32.1 Å². The van der Waals surface area contributed by atoms with Gasteiger partial charge in [-0.1, -0.05) is 12.8 Å². The highest BCUT2D eigenvalue weighted by Gasteiger charge is 2.57. The molecule has 3 rings (SSSR count). The van der Waals surface area contributed by atoms with E-state index in [-0.39, 0.29) is 28.3 Å². The lowest BCUT2D eigenvalue weighted by molar-refractivity contribution is -0.385. The smallest absolute Gasteiger partial charge is 0.272 e. The van der Waals surface area contributed by atoms with Crippen molar-refractivity contribution < 1.29 is 14.1 Å².